The minimum atomic E-state index is -5.13. The number of aliphatic hydroxyl groups excluding tert-OH is 1. The zero-order valence-electron chi connectivity index (χ0n) is 18.5. The fourth-order valence-electron chi connectivity index (χ4n) is 3.98. The highest BCUT2D eigenvalue weighted by molar-refractivity contribution is 5.95. The van der Waals surface area contributed by atoms with E-state index in [1.165, 1.54) is 12.3 Å². The van der Waals surface area contributed by atoms with Crippen LogP contribution >= 0.6 is 0 Å². The number of aromatic nitrogens is 1. The van der Waals surface area contributed by atoms with Crippen molar-refractivity contribution in [3.8, 4) is 11.5 Å². The Morgan fingerprint density at radius 2 is 1.78 bits per heavy atom. The number of nitrogens with zero attached hydrogens (tertiary/aromatic N) is 1. The number of aliphatic hydroxyl groups is 1. The van der Waals surface area contributed by atoms with Crippen LogP contribution in [0.2, 0.25) is 0 Å². The Morgan fingerprint density at radius 3 is 2.41 bits per heavy atom. The molecule has 3 aromatic rings. The second kappa shape index (κ2) is 9.54. The molecule has 2 heterocycles. The minimum Gasteiger partial charge on any atom is -0.491 e. The van der Waals surface area contributed by atoms with Crippen molar-refractivity contribution in [3.05, 3.63) is 89.0 Å². The van der Waals surface area contributed by atoms with Gasteiger partial charge in [-0.3, -0.25) is 9.78 Å². The van der Waals surface area contributed by atoms with Gasteiger partial charge in [0.2, 0.25) is 0 Å². The van der Waals surface area contributed by atoms with Crippen molar-refractivity contribution in [2.45, 2.75) is 30.6 Å². The molecule has 2 aromatic carbocycles. The summed E-state index contributed by atoms with van der Waals surface area (Å²) < 4.78 is 100. The lowest BCUT2D eigenvalue weighted by Gasteiger charge is -2.39. The number of halogens is 7. The molecule has 0 unspecified atom stereocenters. The van der Waals surface area contributed by atoms with E-state index in [9.17, 15) is 40.6 Å². The average molecular weight is 530 g/mol. The first-order valence-electron chi connectivity index (χ1n) is 10.6. The SMILES string of the molecule is O=C(N[C@]1(c2ccc(OC(F)(F)F)c(F)c2)CCOc2cccnc21)c1ccc([C@@H](O)C(F)(F)F)cc1. The summed E-state index contributed by atoms with van der Waals surface area (Å²) in [5, 5.41) is 12.1. The summed E-state index contributed by atoms with van der Waals surface area (Å²) in [6.07, 6.45) is -11.4. The molecule has 2 N–H and O–H groups in total. The first-order chi connectivity index (χ1) is 17.3. The van der Waals surface area contributed by atoms with Crippen molar-refractivity contribution in [1.82, 2.24) is 10.3 Å². The Morgan fingerprint density at radius 1 is 1.08 bits per heavy atom. The molecule has 1 amide bonds. The molecule has 0 fully saturated rings. The lowest BCUT2D eigenvalue weighted by molar-refractivity contribution is -0.275. The molecule has 1 aliphatic heterocycles. The molecule has 1 aliphatic rings. The Hall–Kier alpha value is -3.87. The van der Waals surface area contributed by atoms with E-state index < -0.39 is 47.2 Å². The van der Waals surface area contributed by atoms with Crippen molar-refractivity contribution in [1.29, 1.82) is 0 Å². The Kier molecular flexibility index (Phi) is 6.76. The van der Waals surface area contributed by atoms with E-state index >= 15 is 0 Å². The van der Waals surface area contributed by atoms with Crippen molar-refractivity contribution in [2.24, 2.45) is 0 Å². The molecular weight excluding hydrogens is 513 g/mol. The molecule has 1 aromatic heterocycles. The predicted molar refractivity (Wildman–Crippen MR) is 113 cm³/mol. The third-order valence-electron chi connectivity index (χ3n) is 5.69. The van der Waals surface area contributed by atoms with Gasteiger partial charge in [0.15, 0.2) is 17.7 Å². The molecule has 0 saturated heterocycles. The standard InChI is InChI=1S/C24H17F7N2O4/c25-16-12-15(7-8-17(16)37-24(29,30)31)22(9-11-36-18-2-1-10-32-19(18)22)33-21(35)14-5-3-13(4-6-14)20(34)23(26,27)28/h1-8,10,12,20,34H,9,11H2,(H,33,35)/t20-,22+/m1/s1. The van der Waals surface area contributed by atoms with Gasteiger partial charge in [0.05, 0.1) is 6.61 Å². The van der Waals surface area contributed by atoms with Crippen LogP contribution in [0.5, 0.6) is 11.5 Å². The molecule has 2 atom stereocenters. The van der Waals surface area contributed by atoms with Crippen LogP contribution in [0.25, 0.3) is 0 Å². The van der Waals surface area contributed by atoms with Gasteiger partial charge in [-0.15, -0.1) is 13.2 Å². The second-order valence-electron chi connectivity index (χ2n) is 8.07. The molecule has 6 nitrogen and oxygen atoms in total. The number of benzene rings is 2. The lowest BCUT2D eigenvalue weighted by Crippen LogP contribution is -2.50. The number of pyridine rings is 1. The van der Waals surface area contributed by atoms with Crippen molar-refractivity contribution < 1.29 is 50.1 Å². The maximum absolute atomic E-state index is 14.7. The molecule has 37 heavy (non-hydrogen) atoms. The van der Waals surface area contributed by atoms with Gasteiger partial charge in [0.25, 0.3) is 5.91 Å². The second-order valence-corrected chi connectivity index (χ2v) is 8.07. The molecule has 196 valence electrons. The van der Waals surface area contributed by atoms with Gasteiger partial charge in [0.1, 0.15) is 17.0 Å². The number of fused-ring (bicyclic) bond motifs is 1. The first-order valence-corrected chi connectivity index (χ1v) is 10.6. The van der Waals surface area contributed by atoms with E-state index in [0.29, 0.717) is 0 Å². The number of rotatable bonds is 5. The van der Waals surface area contributed by atoms with Crippen molar-refractivity contribution in [3.63, 3.8) is 0 Å². The molecule has 4 rings (SSSR count). The first kappa shape index (κ1) is 26.2. The van der Waals surface area contributed by atoms with Crippen molar-refractivity contribution in [2.75, 3.05) is 6.61 Å². The summed E-state index contributed by atoms with van der Waals surface area (Å²) in [4.78, 5) is 17.4. The number of carbonyl (C=O) groups is 1. The smallest absolute Gasteiger partial charge is 0.491 e. The Bertz CT molecular complexity index is 1300. The topological polar surface area (TPSA) is 80.7 Å². The largest absolute Gasteiger partial charge is 0.573 e. The van der Waals surface area contributed by atoms with Gasteiger partial charge >= 0.3 is 12.5 Å². The molecule has 0 bridgehead atoms. The minimum absolute atomic E-state index is 0.00740. The van der Waals surface area contributed by atoms with E-state index in [1.807, 2.05) is 0 Å². The monoisotopic (exact) mass is 530 g/mol. The zero-order chi connectivity index (χ0) is 27.0. The van der Waals surface area contributed by atoms with Crippen LogP contribution in [0.1, 0.15) is 39.7 Å². The summed E-state index contributed by atoms with van der Waals surface area (Å²) in [7, 11) is 0. The van der Waals surface area contributed by atoms with Crippen LogP contribution < -0.4 is 14.8 Å². The van der Waals surface area contributed by atoms with Gasteiger partial charge in [0, 0.05) is 18.2 Å². The average Bonchev–Trinajstić information content (AvgIpc) is 2.83. The fraction of sp³-hybridized carbons (Fsp3) is 0.250. The van der Waals surface area contributed by atoms with Crippen LogP contribution in [0.3, 0.4) is 0 Å². The number of alkyl halides is 6. The zero-order valence-corrected chi connectivity index (χ0v) is 18.5. The summed E-state index contributed by atoms with van der Waals surface area (Å²) in [5.41, 5.74) is -1.99. The summed E-state index contributed by atoms with van der Waals surface area (Å²) in [6, 6.07) is 9.73. The Balaban J connectivity index is 1.73. The van der Waals surface area contributed by atoms with E-state index in [-0.39, 0.29) is 35.6 Å². The van der Waals surface area contributed by atoms with Gasteiger partial charge < -0.3 is 19.9 Å². The van der Waals surface area contributed by atoms with E-state index in [4.69, 9.17) is 4.74 Å². The Labute approximate surface area is 204 Å². The summed E-state index contributed by atoms with van der Waals surface area (Å²) in [6.45, 7) is 0.0120. The van der Waals surface area contributed by atoms with E-state index in [1.54, 1.807) is 6.07 Å². The van der Waals surface area contributed by atoms with E-state index in [2.05, 4.69) is 15.0 Å². The maximum Gasteiger partial charge on any atom is 0.573 e. The van der Waals surface area contributed by atoms with Crippen LogP contribution in [0.4, 0.5) is 30.7 Å². The van der Waals surface area contributed by atoms with Crippen LogP contribution in [-0.2, 0) is 5.54 Å². The van der Waals surface area contributed by atoms with Gasteiger partial charge in [-0.25, -0.2) is 4.39 Å². The number of carbonyl (C=O) groups excluding carboxylic acids is 1. The molecule has 13 heteroatoms. The third-order valence-corrected chi connectivity index (χ3v) is 5.69. The van der Waals surface area contributed by atoms with E-state index in [0.717, 1.165) is 42.5 Å². The molecule has 0 aliphatic carbocycles. The summed E-state index contributed by atoms with van der Waals surface area (Å²) in [5.74, 6) is -3.00. The highest BCUT2D eigenvalue weighted by atomic mass is 19.4. The number of hydrogen-bond acceptors (Lipinski definition) is 5. The quantitative estimate of drug-likeness (QED) is 0.445. The number of amides is 1. The van der Waals surface area contributed by atoms with Crippen molar-refractivity contribution >= 4 is 5.91 Å². The number of hydrogen-bond donors (Lipinski definition) is 2. The summed E-state index contributed by atoms with van der Waals surface area (Å²) >= 11 is 0. The normalized spacial score (nSPS) is 18.4. The van der Waals surface area contributed by atoms with Gasteiger partial charge in [-0.05, 0) is 47.5 Å². The van der Waals surface area contributed by atoms with Gasteiger partial charge in [-0.2, -0.15) is 13.2 Å². The molecule has 0 saturated carbocycles. The predicted octanol–water partition coefficient (Wildman–Crippen LogP) is 5.17. The maximum atomic E-state index is 14.7. The molecule has 0 spiro atoms. The molecule has 0 radical (unpaired) electrons. The molecular formula is C24H17F7N2O4. The van der Waals surface area contributed by atoms with Crippen LogP contribution in [0, 0.1) is 5.82 Å². The fourth-order valence-corrected chi connectivity index (χ4v) is 3.98. The van der Waals surface area contributed by atoms with Crippen LogP contribution in [-0.4, -0.2) is 35.1 Å². The van der Waals surface area contributed by atoms with Crippen LogP contribution in [0.15, 0.2) is 60.8 Å². The highest BCUT2D eigenvalue weighted by Crippen LogP contribution is 2.42. The number of nitrogens with one attached hydrogen (secondary N) is 1. The van der Waals surface area contributed by atoms with Gasteiger partial charge in [-0.1, -0.05) is 18.2 Å². The highest BCUT2D eigenvalue weighted by Gasteiger charge is 2.44. The lowest BCUT2D eigenvalue weighted by atomic mass is 9.81. The number of ether oxygens (including phenoxy) is 2. The third kappa shape index (κ3) is 5.45.